The molecule has 0 spiro atoms. The van der Waals surface area contributed by atoms with Gasteiger partial charge in [-0.05, 0) is 33.6 Å². The molecular formula is C11H20O2. The number of esters is 1. The molecule has 13 heavy (non-hydrogen) atoms. The van der Waals surface area contributed by atoms with Crippen molar-refractivity contribution < 1.29 is 9.53 Å². The summed E-state index contributed by atoms with van der Waals surface area (Å²) in [5.41, 5.74) is -0.356. The average Bonchev–Trinajstić information content (AvgIpc) is 1.94. The first kappa shape index (κ1) is 12.2. The zero-order valence-electron chi connectivity index (χ0n) is 9.09. The molecule has 0 aromatic rings. The minimum atomic E-state index is -0.356. The molecule has 0 rings (SSSR count). The molecular weight excluding hydrogens is 164 g/mol. The molecule has 0 aliphatic rings. The van der Waals surface area contributed by atoms with Crippen molar-refractivity contribution in [3.8, 4) is 0 Å². The number of hydrogen-bond acceptors (Lipinski definition) is 2. The van der Waals surface area contributed by atoms with Crippen molar-refractivity contribution in [2.45, 2.75) is 52.6 Å². The molecule has 0 aliphatic carbocycles. The average molecular weight is 184 g/mol. The lowest BCUT2D eigenvalue weighted by Crippen LogP contribution is -2.23. The highest BCUT2D eigenvalue weighted by molar-refractivity contribution is 5.69. The molecule has 2 heteroatoms. The number of hydrogen-bond donors (Lipinski definition) is 0. The first-order valence-corrected chi connectivity index (χ1v) is 4.82. The fourth-order valence-corrected chi connectivity index (χ4v) is 0.878. The minimum absolute atomic E-state index is 0.117. The van der Waals surface area contributed by atoms with Gasteiger partial charge in [-0.1, -0.05) is 19.1 Å². The second kappa shape index (κ2) is 5.79. The van der Waals surface area contributed by atoms with Gasteiger partial charge in [-0.15, -0.1) is 0 Å². The Morgan fingerprint density at radius 2 is 1.92 bits per heavy atom. The van der Waals surface area contributed by atoms with Gasteiger partial charge in [0.15, 0.2) is 0 Å². The highest BCUT2D eigenvalue weighted by atomic mass is 16.6. The van der Waals surface area contributed by atoms with E-state index in [1.807, 2.05) is 26.8 Å². The third kappa shape index (κ3) is 9.12. The highest BCUT2D eigenvalue weighted by Gasteiger charge is 2.14. The molecule has 0 fully saturated rings. The Morgan fingerprint density at radius 3 is 2.38 bits per heavy atom. The van der Waals surface area contributed by atoms with Crippen LogP contribution in [-0.4, -0.2) is 11.6 Å². The number of rotatable bonds is 4. The molecule has 76 valence electrons. The SMILES string of the molecule is CC/C=C/CCC(=O)OC(C)(C)C. The van der Waals surface area contributed by atoms with Crippen LogP contribution in [0.2, 0.25) is 0 Å². The summed E-state index contributed by atoms with van der Waals surface area (Å²) in [6.45, 7) is 7.72. The fourth-order valence-electron chi connectivity index (χ4n) is 0.878. The van der Waals surface area contributed by atoms with Gasteiger partial charge in [0, 0.05) is 6.42 Å². The van der Waals surface area contributed by atoms with Crippen LogP contribution < -0.4 is 0 Å². The topological polar surface area (TPSA) is 26.3 Å². The van der Waals surface area contributed by atoms with E-state index < -0.39 is 0 Å². The van der Waals surface area contributed by atoms with Gasteiger partial charge in [-0.25, -0.2) is 0 Å². The maximum Gasteiger partial charge on any atom is 0.306 e. The van der Waals surface area contributed by atoms with E-state index in [1.54, 1.807) is 0 Å². The van der Waals surface area contributed by atoms with Crippen LogP contribution in [0, 0.1) is 0 Å². The lowest BCUT2D eigenvalue weighted by Gasteiger charge is -2.19. The first-order valence-electron chi connectivity index (χ1n) is 4.82. The quantitative estimate of drug-likeness (QED) is 0.496. The lowest BCUT2D eigenvalue weighted by molar-refractivity contribution is -0.154. The van der Waals surface area contributed by atoms with Crippen molar-refractivity contribution in [1.82, 2.24) is 0 Å². The first-order chi connectivity index (χ1) is 5.95. The van der Waals surface area contributed by atoms with Crippen LogP contribution in [0.15, 0.2) is 12.2 Å². The van der Waals surface area contributed by atoms with Gasteiger partial charge in [0.2, 0.25) is 0 Å². The minimum Gasteiger partial charge on any atom is -0.460 e. The molecule has 0 N–H and O–H groups in total. The molecule has 0 radical (unpaired) electrons. The van der Waals surface area contributed by atoms with Crippen LogP contribution in [0.4, 0.5) is 0 Å². The van der Waals surface area contributed by atoms with E-state index in [9.17, 15) is 4.79 Å². The molecule has 0 unspecified atom stereocenters. The van der Waals surface area contributed by atoms with Crippen LogP contribution in [0.3, 0.4) is 0 Å². The van der Waals surface area contributed by atoms with Crippen molar-refractivity contribution in [2.75, 3.05) is 0 Å². The Kier molecular flexibility index (Phi) is 5.44. The summed E-state index contributed by atoms with van der Waals surface area (Å²) in [5, 5.41) is 0. The summed E-state index contributed by atoms with van der Waals surface area (Å²) in [5.74, 6) is -0.117. The number of ether oxygens (including phenoxy) is 1. The molecule has 0 aliphatic heterocycles. The van der Waals surface area contributed by atoms with E-state index in [2.05, 4.69) is 13.0 Å². The van der Waals surface area contributed by atoms with Gasteiger partial charge >= 0.3 is 5.97 Å². The third-order valence-electron chi connectivity index (χ3n) is 1.34. The van der Waals surface area contributed by atoms with E-state index in [1.165, 1.54) is 0 Å². The van der Waals surface area contributed by atoms with Crippen LogP contribution in [-0.2, 0) is 9.53 Å². The Labute approximate surface area is 81.0 Å². The maximum absolute atomic E-state index is 11.2. The molecule has 0 heterocycles. The molecule has 0 saturated carbocycles. The Bertz CT molecular complexity index is 175. The van der Waals surface area contributed by atoms with Crippen molar-refractivity contribution in [3.05, 3.63) is 12.2 Å². The monoisotopic (exact) mass is 184 g/mol. The van der Waals surface area contributed by atoms with E-state index in [0.717, 1.165) is 12.8 Å². The molecule has 2 nitrogen and oxygen atoms in total. The molecule has 0 amide bonds. The summed E-state index contributed by atoms with van der Waals surface area (Å²) < 4.78 is 5.15. The van der Waals surface area contributed by atoms with Crippen molar-refractivity contribution in [2.24, 2.45) is 0 Å². The number of carbonyl (C=O) groups is 1. The molecule has 0 atom stereocenters. The number of allylic oxidation sites excluding steroid dienone is 2. The van der Waals surface area contributed by atoms with Crippen LogP contribution in [0.1, 0.15) is 47.0 Å². The van der Waals surface area contributed by atoms with Gasteiger partial charge in [-0.3, -0.25) is 4.79 Å². The largest absolute Gasteiger partial charge is 0.460 e. The maximum atomic E-state index is 11.2. The van der Waals surface area contributed by atoms with E-state index >= 15 is 0 Å². The van der Waals surface area contributed by atoms with Crippen molar-refractivity contribution in [3.63, 3.8) is 0 Å². The second-order valence-electron chi connectivity index (χ2n) is 4.00. The Morgan fingerprint density at radius 1 is 1.31 bits per heavy atom. The molecule has 0 aromatic heterocycles. The molecule has 0 aromatic carbocycles. The summed E-state index contributed by atoms with van der Waals surface area (Å²) in [7, 11) is 0. The van der Waals surface area contributed by atoms with Gasteiger partial charge in [0.05, 0.1) is 0 Å². The van der Waals surface area contributed by atoms with E-state index in [-0.39, 0.29) is 11.6 Å². The highest BCUT2D eigenvalue weighted by Crippen LogP contribution is 2.09. The predicted octanol–water partition coefficient (Wildman–Crippen LogP) is 3.07. The summed E-state index contributed by atoms with van der Waals surface area (Å²) in [4.78, 5) is 11.2. The fraction of sp³-hybridized carbons (Fsp3) is 0.727. The van der Waals surface area contributed by atoms with Crippen LogP contribution in [0.25, 0.3) is 0 Å². The van der Waals surface area contributed by atoms with Crippen molar-refractivity contribution >= 4 is 5.97 Å². The van der Waals surface area contributed by atoms with Gasteiger partial charge in [0.25, 0.3) is 0 Å². The molecule has 0 bridgehead atoms. The van der Waals surface area contributed by atoms with Gasteiger partial charge in [0.1, 0.15) is 5.60 Å². The number of carbonyl (C=O) groups excluding carboxylic acids is 1. The summed E-state index contributed by atoms with van der Waals surface area (Å²) >= 11 is 0. The van der Waals surface area contributed by atoms with E-state index in [0.29, 0.717) is 6.42 Å². The smallest absolute Gasteiger partial charge is 0.306 e. The lowest BCUT2D eigenvalue weighted by atomic mass is 10.2. The van der Waals surface area contributed by atoms with Crippen molar-refractivity contribution in [1.29, 1.82) is 0 Å². The van der Waals surface area contributed by atoms with Gasteiger partial charge in [-0.2, -0.15) is 0 Å². The Balaban J connectivity index is 3.58. The van der Waals surface area contributed by atoms with Gasteiger partial charge < -0.3 is 4.74 Å². The van der Waals surface area contributed by atoms with E-state index in [4.69, 9.17) is 4.74 Å². The summed E-state index contributed by atoms with van der Waals surface area (Å²) in [6.07, 6.45) is 6.36. The van der Waals surface area contributed by atoms with Crippen LogP contribution >= 0.6 is 0 Å². The predicted molar refractivity (Wildman–Crippen MR) is 54.5 cm³/mol. The summed E-state index contributed by atoms with van der Waals surface area (Å²) in [6, 6.07) is 0. The zero-order chi connectivity index (χ0) is 10.3. The Hall–Kier alpha value is -0.790. The standard InChI is InChI=1S/C11H20O2/c1-5-6-7-8-9-10(12)13-11(2,3)4/h6-7H,5,8-9H2,1-4H3/b7-6+. The zero-order valence-corrected chi connectivity index (χ0v) is 9.09. The normalized spacial score (nSPS) is 12.0. The molecule has 0 saturated heterocycles. The third-order valence-corrected chi connectivity index (χ3v) is 1.34. The second-order valence-corrected chi connectivity index (χ2v) is 4.00. The van der Waals surface area contributed by atoms with Crippen LogP contribution in [0.5, 0.6) is 0 Å².